The molecular weight excluding hydrogens is 172 g/mol. The summed E-state index contributed by atoms with van der Waals surface area (Å²) in [7, 11) is 0. The Bertz CT molecular complexity index is 308. The second-order valence-corrected chi connectivity index (χ2v) is 3.45. The summed E-state index contributed by atoms with van der Waals surface area (Å²) in [6.45, 7) is 0.794. The molecule has 1 nitrogen and oxygen atoms in total. The molecule has 0 aromatic heterocycles. The van der Waals surface area contributed by atoms with Crippen LogP contribution in [-0.2, 0) is 0 Å². The molecule has 0 atom stereocenters. The molecule has 13 heavy (non-hydrogen) atoms. The summed E-state index contributed by atoms with van der Waals surface area (Å²) in [6, 6.07) is 3.60. The van der Waals surface area contributed by atoms with Crippen molar-refractivity contribution >= 4 is 5.69 Å². The molecule has 2 rings (SSSR count). The molecule has 0 heterocycles. The van der Waals surface area contributed by atoms with E-state index in [2.05, 4.69) is 5.32 Å². The van der Waals surface area contributed by atoms with Crippen LogP contribution in [0.4, 0.5) is 14.5 Å². The van der Waals surface area contributed by atoms with Gasteiger partial charge in [-0.05, 0) is 30.9 Å². The van der Waals surface area contributed by atoms with Gasteiger partial charge in [-0.2, -0.15) is 0 Å². The first-order valence-corrected chi connectivity index (χ1v) is 4.44. The molecule has 1 N–H and O–H groups in total. The van der Waals surface area contributed by atoms with Crippen LogP contribution in [0.5, 0.6) is 0 Å². The third-order valence-corrected chi connectivity index (χ3v) is 2.21. The first-order chi connectivity index (χ1) is 6.25. The number of halogens is 2. The highest BCUT2D eigenvalue weighted by Crippen LogP contribution is 2.29. The SMILES string of the molecule is Fc1ccc(NCC2CC2)c(F)c1. The van der Waals surface area contributed by atoms with Crippen molar-refractivity contribution in [3.05, 3.63) is 29.8 Å². The third kappa shape index (κ3) is 2.17. The number of anilines is 1. The van der Waals surface area contributed by atoms with Crippen molar-refractivity contribution in [1.82, 2.24) is 0 Å². The molecule has 1 aromatic rings. The maximum absolute atomic E-state index is 13.0. The lowest BCUT2D eigenvalue weighted by atomic mass is 10.3. The minimum atomic E-state index is -0.533. The summed E-state index contributed by atoms with van der Waals surface area (Å²) < 4.78 is 25.5. The van der Waals surface area contributed by atoms with Crippen LogP contribution in [0, 0.1) is 17.6 Å². The van der Waals surface area contributed by atoms with Crippen molar-refractivity contribution in [2.24, 2.45) is 5.92 Å². The molecule has 1 aliphatic rings. The normalized spacial score (nSPS) is 15.8. The van der Waals surface area contributed by atoms with Crippen LogP contribution in [-0.4, -0.2) is 6.54 Å². The highest BCUT2D eigenvalue weighted by Gasteiger charge is 2.20. The van der Waals surface area contributed by atoms with Gasteiger partial charge in [-0.25, -0.2) is 8.78 Å². The Hall–Kier alpha value is -1.12. The molecule has 0 aliphatic heterocycles. The van der Waals surface area contributed by atoms with Gasteiger partial charge in [-0.3, -0.25) is 0 Å². The van der Waals surface area contributed by atoms with Gasteiger partial charge in [0.2, 0.25) is 0 Å². The Labute approximate surface area is 75.8 Å². The Morgan fingerprint density at radius 1 is 1.31 bits per heavy atom. The first-order valence-electron chi connectivity index (χ1n) is 4.44. The maximum atomic E-state index is 13.0. The second kappa shape index (κ2) is 3.32. The summed E-state index contributed by atoms with van der Waals surface area (Å²) in [4.78, 5) is 0. The lowest BCUT2D eigenvalue weighted by Gasteiger charge is -2.05. The molecule has 0 radical (unpaired) electrons. The molecule has 70 valence electrons. The molecule has 0 saturated heterocycles. The molecule has 0 amide bonds. The monoisotopic (exact) mass is 183 g/mol. The van der Waals surface area contributed by atoms with Gasteiger partial charge in [0.15, 0.2) is 0 Å². The summed E-state index contributed by atoms with van der Waals surface area (Å²) in [5, 5.41) is 2.96. The van der Waals surface area contributed by atoms with E-state index in [0.717, 1.165) is 12.6 Å². The Balaban J connectivity index is 2.01. The van der Waals surface area contributed by atoms with Crippen LogP contribution in [0.15, 0.2) is 18.2 Å². The molecule has 1 fully saturated rings. The van der Waals surface area contributed by atoms with Crippen molar-refractivity contribution < 1.29 is 8.78 Å². The van der Waals surface area contributed by atoms with Gasteiger partial charge in [0.05, 0.1) is 5.69 Å². The highest BCUT2D eigenvalue weighted by molar-refractivity contribution is 5.44. The quantitative estimate of drug-likeness (QED) is 0.759. The summed E-state index contributed by atoms with van der Waals surface area (Å²) in [6.07, 6.45) is 2.44. The van der Waals surface area contributed by atoms with Crippen LogP contribution in [0.1, 0.15) is 12.8 Å². The summed E-state index contributed by atoms with van der Waals surface area (Å²) >= 11 is 0. The van der Waals surface area contributed by atoms with E-state index in [4.69, 9.17) is 0 Å². The van der Waals surface area contributed by atoms with Crippen LogP contribution in [0.3, 0.4) is 0 Å². The van der Waals surface area contributed by atoms with E-state index in [1.54, 1.807) is 0 Å². The van der Waals surface area contributed by atoms with Gasteiger partial charge in [-0.15, -0.1) is 0 Å². The average molecular weight is 183 g/mol. The fraction of sp³-hybridized carbons (Fsp3) is 0.400. The minimum Gasteiger partial charge on any atom is -0.382 e. The number of hydrogen-bond donors (Lipinski definition) is 1. The number of rotatable bonds is 3. The van der Waals surface area contributed by atoms with Crippen LogP contribution >= 0.6 is 0 Å². The molecular formula is C10H11F2N. The van der Waals surface area contributed by atoms with Gasteiger partial charge < -0.3 is 5.32 Å². The molecule has 1 aliphatic carbocycles. The van der Waals surface area contributed by atoms with Crippen LogP contribution in [0.2, 0.25) is 0 Å². The zero-order chi connectivity index (χ0) is 9.26. The standard InChI is InChI=1S/C10H11F2N/c11-8-3-4-10(9(12)5-8)13-6-7-1-2-7/h3-5,7,13H,1-2,6H2. The number of nitrogens with one attached hydrogen (secondary N) is 1. The second-order valence-electron chi connectivity index (χ2n) is 3.45. The Morgan fingerprint density at radius 3 is 2.69 bits per heavy atom. The van der Waals surface area contributed by atoms with Crippen molar-refractivity contribution in [3.8, 4) is 0 Å². The molecule has 0 unspecified atom stereocenters. The smallest absolute Gasteiger partial charge is 0.149 e. The van der Waals surface area contributed by atoms with Crippen molar-refractivity contribution in [3.63, 3.8) is 0 Å². The third-order valence-electron chi connectivity index (χ3n) is 2.21. The maximum Gasteiger partial charge on any atom is 0.149 e. The largest absolute Gasteiger partial charge is 0.382 e. The molecule has 3 heteroatoms. The average Bonchev–Trinajstić information content (AvgIpc) is 2.86. The number of hydrogen-bond acceptors (Lipinski definition) is 1. The van der Waals surface area contributed by atoms with E-state index >= 15 is 0 Å². The predicted molar refractivity (Wildman–Crippen MR) is 47.6 cm³/mol. The Kier molecular flexibility index (Phi) is 2.17. The topological polar surface area (TPSA) is 12.0 Å². The van der Waals surface area contributed by atoms with E-state index < -0.39 is 11.6 Å². The van der Waals surface area contributed by atoms with Crippen molar-refractivity contribution in [1.29, 1.82) is 0 Å². The summed E-state index contributed by atoms with van der Waals surface area (Å²) in [5.74, 6) is -0.362. The summed E-state index contributed by atoms with van der Waals surface area (Å²) in [5.41, 5.74) is 0.397. The lowest BCUT2D eigenvalue weighted by molar-refractivity contribution is 0.584. The van der Waals surface area contributed by atoms with Gasteiger partial charge in [0, 0.05) is 12.6 Å². The minimum absolute atomic E-state index is 0.397. The molecule has 0 bridgehead atoms. The van der Waals surface area contributed by atoms with Gasteiger partial charge in [-0.1, -0.05) is 0 Å². The fourth-order valence-corrected chi connectivity index (χ4v) is 1.21. The van der Waals surface area contributed by atoms with Crippen LogP contribution < -0.4 is 5.32 Å². The zero-order valence-electron chi connectivity index (χ0n) is 7.19. The van der Waals surface area contributed by atoms with Crippen LogP contribution in [0.25, 0.3) is 0 Å². The van der Waals surface area contributed by atoms with E-state index in [1.165, 1.54) is 25.0 Å². The molecule has 1 aromatic carbocycles. The number of benzene rings is 1. The zero-order valence-corrected chi connectivity index (χ0v) is 7.19. The lowest BCUT2D eigenvalue weighted by Crippen LogP contribution is -2.04. The van der Waals surface area contributed by atoms with Gasteiger partial charge in [0.1, 0.15) is 11.6 Å². The van der Waals surface area contributed by atoms with E-state index in [9.17, 15) is 8.78 Å². The van der Waals surface area contributed by atoms with E-state index in [0.29, 0.717) is 11.6 Å². The fourth-order valence-electron chi connectivity index (χ4n) is 1.21. The molecule has 0 spiro atoms. The van der Waals surface area contributed by atoms with Gasteiger partial charge in [0.25, 0.3) is 0 Å². The Morgan fingerprint density at radius 2 is 2.08 bits per heavy atom. The van der Waals surface area contributed by atoms with E-state index in [1.807, 2.05) is 0 Å². The van der Waals surface area contributed by atoms with Crippen molar-refractivity contribution in [2.45, 2.75) is 12.8 Å². The highest BCUT2D eigenvalue weighted by atomic mass is 19.1. The molecule has 1 saturated carbocycles. The van der Waals surface area contributed by atoms with E-state index in [-0.39, 0.29) is 0 Å². The first kappa shape index (κ1) is 8.48. The predicted octanol–water partition coefficient (Wildman–Crippen LogP) is 2.79. The van der Waals surface area contributed by atoms with Crippen molar-refractivity contribution in [2.75, 3.05) is 11.9 Å². The van der Waals surface area contributed by atoms with Gasteiger partial charge >= 0.3 is 0 Å².